The number of carbonyl (C=O) groups excluding carboxylic acids is 3. The molecule has 5 rings (SSSR count). The van der Waals surface area contributed by atoms with Crippen molar-refractivity contribution < 1.29 is 24.2 Å². The number of aromatic hydroxyl groups is 1. The van der Waals surface area contributed by atoms with Gasteiger partial charge in [0.2, 0.25) is 17.7 Å². The second kappa shape index (κ2) is 13.5. The van der Waals surface area contributed by atoms with E-state index in [4.69, 9.17) is 10.5 Å². The minimum absolute atomic E-state index is 0.0157. The number of hydrogen-bond acceptors (Lipinski definition) is 6. The van der Waals surface area contributed by atoms with Crippen molar-refractivity contribution in [2.75, 3.05) is 26.3 Å². The molecule has 3 heterocycles. The molecule has 3 aliphatic rings. The Balaban J connectivity index is 1.33. The van der Waals surface area contributed by atoms with Crippen LogP contribution in [0.4, 0.5) is 0 Å². The summed E-state index contributed by atoms with van der Waals surface area (Å²) in [6.07, 6.45) is 8.05. The van der Waals surface area contributed by atoms with Crippen molar-refractivity contribution >= 4 is 17.7 Å². The Morgan fingerprint density at radius 1 is 1.02 bits per heavy atom. The van der Waals surface area contributed by atoms with Crippen molar-refractivity contribution in [2.45, 2.75) is 63.1 Å². The summed E-state index contributed by atoms with van der Waals surface area (Å²) in [6.45, 7) is 2.02. The van der Waals surface area contributed by atoms with Crippen molar-refractivity contribution in [1.29, 1.82) is 0 Å². The van der Waals surface area contributed by atoms with Crippen molar-refractivity contribution in [3.63, 3.8) is 0 Å². The van der Waals surface area contributed by atoms with Gasteiger partial charge >= 0.3 is 0 Å². The first kappa shape index (κ1) is 29.8. The Morgan fingerprint density at radius 3 is 2.50 bits per heavy atom. The first-order chi connectivity index (χ1) is 20.3. The van der Waals surface area contributed by atoms with E-state index in [-0.39, 0.29) is 35.4 Å². The fourth-order valence-corrected chi connectivity index (χ4v) is 6.39. The van der Waals surface area contributed by atoms with Crippen LogP contribution >= 0.6 is 0 Å². The van der Waals surface area contributed by atoms with Gasteiger partial charge in [0.15, 0.2) is 0 Å². The van der Waals surface area contributed by atoms with Crippen LogP contribution in [0.5, 0.6) is 5.75 Å². The Morgan fingerprint density at radius 2 is 1.76 bits per heavy atom. The Hall–Kier alpha value is -3.69. The molecule has 3 aliphatic heterocycles. The number of phenolic OH excluding ortho intramolecular Hbond substituents is 1. The highest BCUT2D eigenvalue weighted by Crippen LogP contribution is 2.36. The van der Waals surface area contributed by atoms with Crippen molar-refractivity contribution in [1.82, 2.24) is 15.5 Å². The third kappa shape index (κ3) is 7.20. The van der Waals surface area contributed by atoms with E-state index in [2.05, 4.69) is 22.8 Å². The van der Waals surface area contributed by atoms with Gasteiger partial charge in [-0.15, -0.1) is 0 Å². The van der Waals surface area contributed by atoms with Crippen LogP contribution in [0.3, 0.4) is 0 Å². The van der Waals surface area contributed by atoms with Gasteiger partial charge in [0, 0.05) is 44.7 Å². The molecule has 0 aromatic heterocycles. The average molecular weight is 575 g/mol. The van der Waals surface area contributed by atoms with E-state index in [1.54, 1.807) is 24.3 Å². The van der Waals surface area contributed by atoms with Gasteiger partial charge in [0.05, 0.1) is 11.5 Å². The molecule has 0 unspecified atom stereocenters. The van der Waals surface area contributed by atoms with Gasteiger partial charge in [-0.2, -0.15) is 0 Å². The number of nitrogens with zero attached hydrogens (tertiary/aromatic N) is 1. The van der Waals surface area contributed by atoms with Gasteiger partial charge in [0.25, 0.3) is 0 Å². The number of benzene rings is 2. The lowest BCUT2D eigenvalue weighted by Crippen LogP contribution is -2.59. The summed E-state index contributed by atoms with van der Waals surface area (Å²) >= 11 is 0. The van der Waals surface area contributed by atoms with Crippen LogP contribution in [0.15, 0.2) is 66.7 Å². The molecule has 42 heavy (non-hydrogen) atoms. The molecule has 224 valence electrons. The zero-order valence-corrected chi connectivity index (χ0v) is 24.0. The molecule has 1 spiro atoms. The maximum Gasteiger partial charge on any atom is 0.243 e. The van der Waals surface area contributed by atoms with Crippen molar-refractivity contribution in [3.05, 3.63) is 77.9 Å². The van der Waals surface area contributed by atoms with E-state index in [0.717, 1.165) is 11.1 Å². The number of rotatable bonds is 5. The van der Waals surface area contributed by atoms with E-state index >= 15 is 0 Å². The molecule has 2 saturated heterocycles. The fraction of sp³-hybridized carbons (Fsp3) is 0.485. The number of hydrogen-bond donors (Lipinski definition) is 4. The van der Waals surface area contributed by atoms with Crippen LogP contribution < -0.4 is 16.4 Å². The van der Waals surface area contributed by atoms with E-state index in [1.807, 2.05) is 35.2 Å². The van der Waals surface area contributed by atoms with Crippen LogP contribution in [-0.2, 0) is 32.0 Å². The minimum atomic E-state index is -0.706. The molecule has 0 radical (unpaired) electrons. The first-order valence-corrected chi connectivity index (χ1v) is 15.0. The zero-order valence-electron chi connectivity index (χ0n) is 24.0. The maximum atomic E-state index is 13.8. The molecule has 9 heteroatoms. The quantitative estimate of drug-likeness (QED) is 0.406. The highest BCUT2D eigenvalue weighted by atomic mass is 16.5. The van der Waals surface area contributed by atoms with Gasteiger partial charge in [-0.1, -0.05) is 54.6 Å². The van der Waals surface area contributed by atoms with Crippen molar-refractivity contribution in [2.24, 2.45) is 17.1 Å². The van der Waals surface area contributed by atoms with Gasteiger partial charge in [-0.25, -0.2) is 0 Å². The van der Waals surface area contributed by atoms with E-state index in [0.29, 0.717) is 71.2 Å². The van der Waals surface area contributed by atoms with Crippen LogP contribution in [0, 0.1) is 11.3 Å². The second-order valence-corrected chi connectivity index (χ2v) is 11.9. The number of nitrogens with one attached hydrogen (secondary N) is 2. The normalized spacial score (nSPS) is 25.4. The molecular formula is C33H42N4O5. The lowest BCUT2D eigenvalue weighted by atomic mass is 9.75. The summed E-state index contributed by atoms with van der Waals surface area (Å²) in [7, 11) is 0. The summed E-state index contributed by atoms with van der Waals surface area (Å²) < 4.78 is 5.59. The number of fused-ring (bicyclic) bond motifs is 1. The predicted molar refractivity (Wildman–Crippen MR) is 159 cm³/mol. The van der Waals surface area contributed by atoms with E-state index in [9.17, 15) is 19.5 Å². The third-order valence-corrected chi connectivity index (χ3v) is 9.03. The monoisotopic (exact) mass is 574 g/mol. The predicted octanol–water partition coefficient (Wildman–Crippen LogP) is 2.47. The molecule has 0 saturated carbocycles. The number of ether oxygens (including phenoxy) is 1. The largest absolute Gasteiger partial charge is 0.508 e. The van der Waals surface area contributed by atoms with E-state index in [1.165, 1.54) is 0 Å². The summed E-state index contributed by atoms with van der Waals surface area (Å²) in [5.74, 6) is -0.212. The first-order valence-electron chi connectivity index (χ1n) is 15.0. The molecule has 3 amide bonds. The Kier molecular flexibility index (Phi) is 9.59. The topological polar surface area (TPSA) is 134 Å². The molecule has 2 fully saturated rings. The highest BCUT2D eigenvalue weighted by Gasteiger charge is 2.42. The Bertz CT molecular complexity index is 1260. The number of likely N-dealkylation sites (tertiary alicyclic amines) is 1. The number of phenols is 1. The lowest BCUT2D eigenvalue weighted by Gasteiger charge is -2.41. The van der Waals surface area contributed by atoms with Crippen LogP contribution in [0.25, 0.3) is 0 Å². The van der Waals surface area contributed by atoms with Gasteiger partial charge in [-0.3, -0.25) is 14.4 Å². The number of carbonyl (C=O) groups is 3. The zero-order chi connectivity index (χ0) is 29.5. The molecule has 9 nitrogen and oxygen atoms in total. The minimum Gasteiger partial charge on any atom is -0.508 e. The number of piperidine rings is 1. The standard InChI is InChI=1S/C33H42N4O5/c34-27(20-24-9-11-26(38)12-10-24)31(40)37-17-13-28-25(22-37)8-4-5-14-33(15-18-42-19-16-33)32(41)36-29(30(39)35-28)21-23-6-2-1-3-7-23/h1-7,9-12,25,27-29,38H,8,13-22,34H2,(H,35,39)(H,36,41)/t25-,27-,28+,29+/m0/s1. The van der Waals surface area contributed by atoms with E-state index < -0.39 is 17.5 Å². The average Bonchev–Trinajstić information content (AvgIpc) is 3.00. The van der Waals surface area contributed by atoms with Gasteiger partial charge < -0.3 is 31.1 Å². The molecule has 5 N–H and O–H groups in total. The molecule has 2 aromatic rings. The molecule has 2 aromatic carbocycles. The Labute approximate surface area is 247 Å². The summed E-state index contributed by atoms with van der Waals surface area (Å²) in [4.78, 5) is 42.7. The summed E-state index contributed by atoms with van der Waals surface area (Å²) in [6, 6.07) is 14.9. The second-order valence-electron chi connectivity index (χ2n) is 11.9. The van der Waals surface area contributed by atoms with Gasteiger partial charge in [0.1, 0.15) is 11.8 Å². The smallest absolute Gasteiger partial charge is 0.243 e. The maximum absolute atomic E-state index is 13.8. The molecular weight excluding hydrogens is 532 g/mol. The summed E-state index contributed by atoms with van der Waals surface area (Å²) in [5, 5.41) is 15.9. The summed E-state index contributed by atoms with van der Waals surface area (Å²) in [5.41, 5.74) is 7.60. The molecule has 0 aliphatic carbocycles. The highest BCUT2D eigenvalue weighted by molar-refractivity contribution is 5.90. The van der Waals surface area contributed by atoms with Gasteiger partial charge in [-0.05, 0) is 61.8 Å². The lowest BCUT2D eigenvalue weighted by molar-refractivity contribution is -0.140. The van der Waals surface area contributed by atoms with Crippen LogP contribution in [0.2, 0.25) is 0 Å². The third-order valence-electron chi connectivity index (χ3n) is 9.03. The fourth-order valence-electron chi connectivity index (χ4n) is 6.39. The molecule has 0 bridgehead atoms. The number of nitrogens with two attached hydrogens (primary N) is 1. The van der Waals surface area contributed by atoms with Crippen LogP contribution in [0.1, 0.15) is 43.2 Å². The SMILES string of the molecule is N[C@@H](Cc1ccc(O)cc1)C(=O)N1CC[C@H]2NC(=O)[C@@H](Cc3ccccc3)NC(=O)C3(CC=CC[C@H]2C1)CCOCC3. The van der Waals surface area contributed by atoms with Crippen LogP contribution in [-0.4, -0.2) is 72.2 Å². The number of allylic oxidation sites excluding steroid dienone is 2. The van der Waals surface area contributed by atoms with Crippen molar-refractivity contribution in [3.8, 4) is 5.75 Å². The number of amides is 3. The molecule has 4 atom stereocenters.